The summed E-state index contributed by atoms with van der Waals surface area (Å²) < 4.78 is 13.0. The van der Waals surface area contributed by atoms with Crippen LogP contribution >= 0.6 is 0 Å². The van der Waals surface area contributed by atoms with Crippen molar-refractivity contribution in [2.45, 2.75) is 6.92 Å². The van der Waals surface area contributed by atoms with Gasteiger partial charge in [0.2, 0.25) is 0 Å². The maximum Gasteiger partial charge on any atom is 0.276 e. The van der Waals surface area contributed by atoms with Gasteiger partial charge in [-0.05, 0) is 61.0 Å². The Kier molecular flexibility index (Phi) is 5.37. The molecule has 3 aromatic rings. The molecular weight excluding hydrogens is 369 g/mol. The van der Waals surface area contributed by atoms with Gasteiger partial charge in [-0.15, -0.1) is 10.2 Å². The number of anilines is 3. The molecule has 7 heteroatoms. The third kappa shape index (κ3) is 4.51. The first-order chi connectivity index (χ1) is 14.1. The van der Waals surface area contributed by atoms with Gasteiger partial charge in [0.05, 0.1) is 0 Å². The van der Waals surface area contributed by atoms with Crippen LogP contribution in [0.25, 0.3) is 0 Å². The summed E-state index contributed by atoms with van der Waals surface area (Å²) in [5, 5.41) is 11.0. The van der Waals surface area contributed by atoms with E-state index >= 15 is 0 Å². The zero-order valence-corrected chi connectivity index (χ0v) is 16.2. The van der Waals surface area contributed by atoms with Gasteiger partial charge < -0.3 is 15.1 Å². The number of amides is 1. The lowest BCUT2D eigenvalue weighted by Gasteiger charge is -2.36. The normalized spacial score (nSPS) is 14.0. The Morgan fingerprint density at radius 2 is 1.66 bits per heavy atom. The molecule has 1 saturated heterocycles. The topological polar surface area (TPSA) is 61.4 Å². The van der Waals surface area contributed by atoms with Gasteiger partial charge in [-0.1, -0.05) is 12.1 Å². The molecule has 0 bridgehead atoms. The Morgan fingerprint density at radius 3 is 2.31 bits per heavy atom. The fourth-order valence-corrected chi connectivity index (χ4v) is 3.36. The molecule has 0 atom stereocenters. The monoisotopic (exact) mass is 391 g/mol. The number of hydrogen-bond acceptors (Lipinski definition) is 5. The molecule has 148 valence electrons. The van der Waals surface area contributed by atoms with E-state index in [1.54, 1.807) is 6.07 Å². The van der Waals surface area contributed by atoms with Crippen molar-refractivity contribution in [2.24, 2.45) is 0 Å². The van der Waals surface area contributed by atoms with Gasteiger partial charge in [0.1, 0.15) is 5.82 Å². The van der Waals surface area contributed by atoms with Gasteiger partial charge >= 0.3 is 0 Å². The van der Waals surface area contributed by atoms with Crippen LogP contribution in [-0.2, 0) is 0 Å². The van der Waals surface area contributed by atoms with E-state index in [-0.39, 0.29) is 17.4 Å². The van der Waals surface area contributed by atoms with Crippen LogP contribution in [0.5, 0.6) is 0 Å². The predicted molar refractivity (Wildman–Crippen MR) is 112 cm³/mol. The molecule has 29 heavy (non-hydrogen) atoms. The second-order valence-electron chi connectivity index (χ2n) is 7.05. The number of nitrogens with one attached hydrogen (secondary N) is 1. The molecule has 2 heterocycles. The van der Waals surface area contributed by atoms with E-state index < -0.39 is 0 Å². The summed E-state index contributed by atoms with van der Waals surface area (Å²) in [7, 11) is 0. The number of halogens is 1. The predicted octanol–water partition coefficient (Wildman–Crippen LogP) is 3.50. The first-order valence-corrected chi connectivity index (χ1v) is 9.56. The SMILES string of the molecule is Cc1cccc(N2CCN(c3ccc(C(=O)Nc4ccc(F)cc4)nn3)CC2)c1. The van der Waals surface area contributed by atoms with Crippen LogP contribution in [0.4, 0.5) is 21.6 Å². The highest BCUT2D eigenvalue weighted by atomic mass is 19.1. The number of benzene rings is 2. The lowest BCUT2D eigenvalue weighted by Crippen LogP contribution is -2.47. The van der Waals surface area contributed by atoms with E-state index in [0.717, 1.165) is 32.0 Å². The molecular formula is C22H22FN5O. The van der Waals surface area contributed by atoms with Gasteiger partial charge in [-0.2, -0.15) is 0 Å². The van der Waals surface area contributed by atoms with Crippen LogP contribution in [0.3, 0.4) is 0 Å². The minimum Gasteiger partial charge on any atom is -0.368 e. The van der Waals surface area contributed by atoms with E-state index in [1.165, 1.54) is 35.5 Å². The van der Waals surface area contributed by atoms with Crippen molar-refractivity contribution >= 4 is 23.1 Å². The smallest absolute Gasteiger partial charge is 0.276 e. The zero-order chi connectivity index (χ0) is 20.2. The van der Waals surface area contributed by atoms with Crippen LogP contribution in [-0.4, -0.2) is 42.3 Å². The first-order valence-electron chi connectivity index (χ1n) is 9.56. The zero-order valence-electron chi connectivity index (χ0n) is 16.2. The summed E-state index contributed by atoms with van der Waals surface area (Å²) in [4.78, 5) is 16.8. The van der Waals surface area contributed by atoms with E-state index in [1.807, 2.05) is 6.07 Å². The highest BCUT2D eigenvalue weighted by molar-refractivity contribution is 6.02. The number of carbonyl (C=O) groups excluding carboxylic acids is 1. The summed E-state index contributed by atoms with van der Waals surface area (Å²) in [6.07, 6.45) is 0. The van der Waals surface area contributed by atoms with Crippen molar-refractivity contribution in [3.8, 4) is 0 Å². The minimum atomic E-state index is -0.375. The van der Waals surface area contributed by atoms with Gasteiger partial charge in [0, 0.05) is 37.6 Å². The molecule has 0 spiro atoms. The molecule has 0 aliphatic carbocycles. The van der Waals surface area contributed by atoms with Crippen LogP contribution in [0.1, 0.15) is 16.1 Å². The van der Waals surface area contributed by atoms with Gasteiger partial charge in [-0.3, -0.25) is 4.79 Å². The third-order valence-corrected chi connectivity index (χ3v) is 4.96. The average Bonchev–Trinajstić information content (AvgIpc) is 2.75. The Bertz CT molecular complexity index is 983. The Labute approximate surface area is 169 Å². The van der Waals surface area contributed by atoms with Gasteiger partial charge in [0.25, 0.3) is 5.91 Å². The first kappa shape index (κ1) is 18.9. The largest absolute Gasteiger partial charge is 0.368 e. The molecule has 6 nitrogen and oxygen atoms in total. The molecule has 2 aromatic carbocycles. The van der Waals surface area contributed by atoms with Crippen molar-refractivity contribution in [1.29, 1.82) is 0 Å². The van der Waals surface area contributed by atoms with Crippen LogP contribution < -0.4 is 15.1 Å². The maximum atomic E-state index is 13.0. The van der Waals surface area contributed by atoms with Crippen molar-refractivity contribution in [3.63, 3.8) is 0 Å². The molecule has 0 unspecified atom stereocenters. The summed E-state index contributed by atoms with van der Waals surface area (Å²) in [5.74, 6) is 0.0294. The van der Waals surface area contributed by atoms with Gasteiger partial charge in [-0.25, -0.2) is 4.39 Å². The minimum absolute atomic E-state index is 0.219. The number of nitrogens with zero attached hydrogens (tertiary/aromatic N) is 4. The summed E-state index contributed by atoms with van der Waals surface area (Å²) in [5.41, 5.74) is 3.22. The van der Waals surface area contributed by atoms with Crippen LogP contribution in [0.2, 0.25) is 0 Å². The second-order valence-corrected chi connectivity index (χ2v) is 7.05. The molecule has 1 N–H and O–H groups in total. The van der Waals surface area contributed by atoms with E-state index in [4.69, 9.17) is 0 Å². The molecule has 1 fully saturated rings. The molecule has 1 aliphatic rings. The van der Waals surface area contributed by atoms with Crippen LogP contribution in [0.15, 0.2) is 60.7 Å². The van der Waals surface area contributed by atoms with E-state index in [2.05, 4.69) is 56.5 Å². The highest BCUT2D eigenvalue weighted by Crippen LogP contribution is 2.20. The number of piperazine rings is 1. The fraction of sp³-hybridized carbons (Fsp3) is 0.227. The average molecular weight is 391 g/mol. The van der Waals surface area contributed by atoms with Crippen molar-refractivity contribution in [2.75, 3.05) is 41.3 Å². The third-order valence-electron chi connectivity index (χ3n) is 4.96. The summed E-state index contributed by atoms with van der Waals surface area (Å²) in [6, 6.07) is 17.6. The van der Waals surface area contributed by atoms with E-state index in [0.29, 0.717) is 5.69 Å². The quantitative estimate of drug-likeness (QED) is 0.738. The second kappa shape index (κ2) is 8.26. The number of aromatic nitrogens is 2. The number of carbonyl (C=O) groups is 1. The Hall–Kier alpha value is -3.48. The molecule has 4 rings (SSSR count). The number of rotatable bonds is 4. The Balaban J connectivity index is 1.36. The molecule has 1 aliphatic heterocycles. The number of aryl methyl sites for hydroxylation is 1. The molecule has 1 amide bonds. The molecule has 1 aromatic heterocycles. The van der Waals surface area contributed by atoms with Gasteiger partial charge in [0.15, 0.2) is 11.5 Å². The maximum absolute atomic E-state index is 13.0. The van der Waals surface area contributed by atoms with Crippen molar-refractivity contribution in [3.05, 3.63) is 77.7 Å². The summed E-state index contributed by atoms with van der Waals surface area (Å²) in [6.45, 7) is 5.58. The lowest BCUT2D eigenvalue weighted by molar-refractivity contribution is 0.102. The van der Waals surface area contributed by atoms with E-state index in [9.17, 15) is 9.18 Å². The number of hydrogen-bond donors (Lipinski definition) is 1. The lowest BCUT2D eigenvalue weighted by atomic mass is 10.2. The molecule has 0 radical (unpaired) electrons. The highest BCUT2D eigenvalue weighted by Gasteiger charge is 2.19. The molecule has 0 saturated carbocycles. The van der Waals surface area contributed by atoms with Crippen LogP contribution in [0, 0.1) is 12.7 Å². The standard InChI is InChI=1S/C22H22FN5O/c1-16-3-2-4-19(15-16)27-11-13-28(14-12-27)21-10-9-20(25-26-21)22(29)24-18-7-5-17(23)6-8-18/h2-10,15H,11-14H2,1H3,(H,24,29). The summed E-state index contributed by atoms with van der Waals surface area (Å²) >= 11 is 0. The van der Waals surface area contributed by atoms with Crippen molar-refractivity contribution < 1.29 is 9.18 Å². The fourth-order valence-electron chi connectivity index (χ4n) is 3.36. The van der Waals surface area contributed by atoms with Crippen molar-refractivity contribution in [1.82, 2.24) is 10.2 Å². The Morgan fingerprint density at radius 1 is 0.931 bits per heavy atom.